The van der Waals surface area contributed by atoms with Crippen LogP contribution in [-0.2, 0) is 11.0 Å². The van der Waals surface area contributed by atoms with Crippen LogP contribution in [0.5, 0.6) is 0 Å². The number of aliphatic carboxylic acids is 1. The molecule has 0 saturated heterocycles. The number of nitrogens with zero attached hydrogens (tertiary/aromatic N) is 3. The van der Waals surface area contributed by atoms with E-state index in [1.165, 1.54) is 12.1 Å². The molecule has 2 N–H and O–H groups in total. The first-order valence-corrected chi connectivity index (χ1v) is 12.6. The van der Waals surface area contributed by atoms with Crippen molar-refractivity contribution in [3.8, 4) is 0 Å². The second-order valence-electron chi connectivity index (χ2n) is 10.6. The Bertz CT molecular complexity index is 1120. The average molecular weight is 564 g/mol. The first kappa shape index (κ1) is 29.3. The number of halogens is 5. The number of amides is 1. The van der Waals surface area contributed by atoms with Gasteiger partial charge in [0.25, 0.3) is 5.91 Å². The summed E-state index contributed by atoms with van der Waals surface area (Å²) in [7, 11) is 0. The molecule has 1 heterocycles. The fourth-order valence-electron chi connectivity index (χ4n) is 4.74. The summed E-state index contributed by atoms with van der Waals surface area (Å²) in [6.45, 7) is 5.15. The second kappa shape index (κ2) is 11.2. The summed E-state index contributed by atoms with van der Waals surface area (Å²) in [6, 6.07) is 3.95. The van der Waals surface area contributed by atoms with E-state index in [0.717, 1.165) is 15.8 Å². The summed E-state index contributed by atoms with van der Waals surface area (Å²) >= 11 is 12.4. The highest BCUT2D eigenvalue weighted by Gasteiger charge is 2.43. The number of aliphatic hydroxyl groups is 1. The van der Waals surface area contributed by atoms with Gasteiger partial charge in [0.15, 0.2) is 5.69 Å². The fraction of sp³-hybridized carbons (Fsp3) is 0.560. The van der Waals surface area contributed by atoms with Crippen LogP contribution in [0.25, 0.3) is 0 Å². The lowest BCUT2D eigenvalue weighted by molar-refractivity contribution is -0.147. The van der Waals surface area contributed by atoms with Gasteiger partial charge < -0.3 is 15.1 Å². The van der Waals surface area contributed by atoms with E-state index >= 15 is 0 Å². The Morgan fingerprint density at radius 2 is 1.70 bits per heavy atom. The zero-order valence-corrected chi connectivity index (χ0v) is 22.2. The van der Waals surface area contributed by atoms with Crippen LogP contribution in [0.3, 0.4) is 0 Å². The SMILES string of the molecule is CC(C)(C)CN(C[C@H](O)c1c(Cl)cccc1Cl)C(=O)c1cnn([C@H]2CC[C@H](C(=O)O)CC2)c1C(F)(F)F. The Balaban J connectivity index is 1.96. The van der Waals surface area contributed by atoms with E-state index in [-0.39, 0.29) is 54.4 Å². The third-order valence-electron chi connectivity index (χ3n) is 6.36. The molecule has 12 heteroatoms. The van der Waals surface area contributed by atoms with Crippen molar-refractivity contribution in [1.29, 1.82) is 0 Å². The molecule has 7 nitrogen and oxygen atoms in total. The summed E-state index contributed by atoms with van der Waals surface area (Å²) in [6.07, 6.45) is -4.48. The molecule has 3 rings (SSSR count). The van der Waals surface area contributed by atoms with Crippen LogP contribution in [0.1, 0.15) is 80.2 Å². The average Bonchev–Trinajstić information content (AvgIpc) is 3.23. The lowest BCUT2D eigenvalue weighted by atomic mass is 9.86. The van der Waals surface area contributed by atoms with Crippen molar-refractivity contribution >= 4 is 35.1 Å². The van der Waals surface area contributed by atoms with Crippen molar-refractivity contribution in [2.24, 2.45) is 11.3 Å². The van der Waals surface area contributed by atoms with Gasteiger partial charge in [0, 0.05) is 22.2 Å². The van der Waals surface area contributed by atoms with Gasteiger partial charge in [-0.3, -0.25) is 14.3 Å². The Labute approximate surface area is 223 Å². The Morgan fingerprint density at radius 1 is 1.14 bits per heavy atom. The summed E-state index contributed by atoms with van der Waals surface area (Å²) in [5, 5.41) is 24.4. The predicted molar refractivity (Wildman–Crippen MR) is 133 cm³/mol. The first-order chi connectivity index (χ1) is 17.1. The zero-order valence-electron chi connectivity index (χ0n) is 20.7. The third-order valence-corrected chi connectivity index (χ3v) is 7.02. The summed E-state index contributed by atoms with van der Waals surface area (Å²) in [5.74, 6) is -2.52. The van der Waals surface area contributed by atoms with E-state index < -0.39 is 52.8 Å². The number of alkyl halides is 3. The first-order valence-electron chi connectivity index (χ1n) is 11.9. The largest absolute Gasteiger partial charge is 0.481 e. The normalized spacial score (nSPS) is 19.5. The number of aliphatic hydroxyl groups excluding tert-OH is 1. The van der Waals surface area contributed by atoms with Crippen LogP contribution >= 0.6 is 23.2 Å². The Morgan fingerprint density at radius 3 is 2.19 bits per heavy atom. The van der Waals surface area contributed by atoms with E-state index in [4.69, 9.17) is 23.2 Å². The van der Waals surface area contributed by atoms with Gasteiger partial charge in [-0.15, -0.1) is 0 Å². The molecule has 1 aliphatic carbocycles. The molecule has 0 radical (unpaired) electrons. The Kier molecular flexibility index (Phi) is 8.86. The van der Waals surface area contributed by atoms with Gasteiger partial charge in [-0.05, 0) is 43.2 Å². The maximum Gasteiger partial charge on any atom is 0.433 e. The minimum absolute atomic E-state index is 0.0389. The lowest BCUT2D eigenvalue weighted by Gasteiger charge is -2.32. The molecule has 1 aliphatic rings. The maximum atomic E-state index is 14.3. The quantitative estimate of drug-likeness (QED) is 0.415. The topological polar surface area (TPSA) is 95.7 Å². The number of carbonyl (C=O) groups excluding carboxylic acids is 1. The van der Waals surface area contributed by atoms with Crippen molar-refractivity contribution in [2.45, 2.75) is 64.8 Å². The van der Waals surface area contributed by atoms with Gasteiger partial charge in [0.1, 0.15) is 0 Å². The molecule has 1 aromatic heterocycles. The van der Waals surface area contributed by atoms with E-state index in [1.807, 2.05) is 20.8 Å². The maximum absolute atomic E-state index is 14.3. The lowest BCUT2D eigenvalue weighted by Crippen LogP contribution is -2.41. The smallest absolute Gasteiger partial charge is 0.433 e. The number of rotatable bonds is 7. The molecule has 0 bridgehead atoms. The van der Waals surface area contributed by atoms with Crippen molar-refractivity contribution in [3.63, 3.8) is 0 Å². The van der Waals surface area contributed by atoms with Gasteiger partial charge in [0.2, 0.25) is 0 Å². The third kappa shape index (κ3) is 6.97. The molecular formula is C25H30Cl2F3N3O4. The fourth-order valence-corrected chi connectivity index (χ4v) is 5.39. The molecule has 204 valence electrons. The molecule has 1 fully saturated rings. The van der Waals surface area contributed by atoms with E-state index in [2.05, 4.69) is 5.10 Å². The number of benzene rings is 1. The van der Waals surface area contributed by atoms with E-state index in [9.17, 15) is 33.0 Å². The van der Waals surface area contributed by atoms with Gasteiger partial charge >= 0.3 is 12.1 Å². The van der Waals surface area contributed by atoms with Crippen LogP contribution in [0.15, 0.2) is 24.4 Å². The van der Waals surface area contributed by atoms with Crippen LogP contribution < -0.4 is 0 Å². The molecular weight excluding hydrogens is 534 g/mol. The zero-order chi connectivity index (χ0) is 27.7. The van der Waals surface area contributed by atoms with Crippen LogP contribution in [0.4, 0.5) is 13.2 Å². The standard InChI is InChI=1S/C25H30Cl2F3N3O4/c1-24(2,3)13-32(12-19(34)20-17(26)5-4-6-18(20)27)22(35)16-11-31-33(21(16)25(28,29)30)15-9-7-14(8-10-15)23(36)37/h4-6,11,14-15,19,34H,7-10,12-13H2,1-3H3,(H,36,37)/t14-,15-,19-/m0/s1. The molecule has 1 atom stereocenters. The van der Waals surface area contributed by atoms with Gasteiger partial charge in [-0.2, -0.15) is 18.3 Å². The second-order valence-corrected chi connectivity index (χ2v) is 11.4. The minimum atomic E-state index is -4.89. The van der Waals surface area contributed by atoms with Gasteiger partial charge in [0.05, 0.1) is 36.4 Å². The highest BCUT2D eigenvalue weighted by Crippen LogP contribution is 2.39. The molecule has 1 amide bonds. The monoisotopic (exact) mass is 563 g/mol. The van der Waals surface area contributed by atoms with Crippen LogP contribution in [0, 0.1) is 11.3 Å². The van der Waals surface area contributed by atoms with Crippen molar-refractivity contribution < 1.29 is 33.0 Å². The van der Waals surface area contributed by atoms with Crippen LogP contribution in [-0.4, -0.2) is 49.9 Å². The number of carboxylic acid groups (broad SMARTS) is 1. The highest BCUT2D eigenvalue weighted by molar-refractivity contribution is 6.36. The Hall–Kier alpha value is -2.30. The summed E-state index contributed by atoms with van der Waals surface area (Å²) in [4.78, 5) is 26.0. The van der Waals surface area contributed by atoms with Crippen LogP contribution in [0.2, 0.25) is 10.0 Å². The molecule has 1 saturated carbocycles. The van der Waals surface area contributed by atoms with Gasteiger partial charge in [-0.1, -0.05) is 50.0 Å². The number of aromatic nitrogens is 2. The predicted octanol–water partition coefficient (Wildman–Crippen LogP) is 6.25. The molecule has 37 heavy (non-hydrogen) atoms. The molecule has 0 unspecified atom stereocenters. The van der Waals surface area contributed by atoms with E-state index in [1.54, 1.807) is 6.07 Å². The number of carboxylic acids is 1. The molecule has 2 aromatic rings. The minimum Gasteiger partial charge on any atom is -0.481 e. The highest BCUT2D eigenvalue weighted by atomic mass is 35.5. The summed E-state index contributed by atoms with van der Waals surface area (Å²) < 4.78 is 43.7. The number of hydrogen-bond acceptors (Lipinski definition) is 4. The molecule has 0 aliphatic heterocycles. The molecule has 0 spiro atoms. The number of hydrogen-bond donors (Lipinski definition) is 2. The van der Waals surface area contributed by atoms with E-state index in [0.29, 0.717) is 0 Å². The number of carbonyl (C=O) groups is 2. The molecule has 1 aromatic carbocycles. The van der Waals surface area contributed by atoms with Gasteiger partial charge in [-0.25, -0.2) is 0 Å². The van der Waals surface area contributed by atoms with Crippen molar-refractivity contribution in [3.05, 3.63) is 51.3 Å². The summed E-state index contributed by atoms with van der Waals surface area (Å²) in [5.41, 5.74) is -2.14. The van der Waals surface area contributed by atoms with Crippen molar-refractivity contribution in [1.82, 2.24) is 14.7 Å². The van der Waals surface area contributed by atoms with Crippen molar-refractivity contribution in [2.75, 3.05) is 13.1 Å².